The molecule has 0 aliphatic heterocycles. The second-order valence-electron chi connectivity index (χ2n) is 3.96. The first-order valence-electron chi connectivity index (χ1n) is 5.62. The highest BCUT2D eigenvalue weighted by atomic mass is 16.5. The van der Waals surface area contributed by atoms with E-state index in [1.165, 1.54) is 20.0 Å². The molecule has 4 nitrogen and oxygen atoms in total. The number of hydrogen-bond donors (Lipinski definition) is 1. The quantitative estimate of drug-likeness (QED) is 0.698. The highest BCUT2D eigenvalue weighted by Gasteiger charge is 2.20. The van der Waals surface area contributed by atoms with E-state index in [4.69, 9.17) is 4.74 Å². The predicted molar refractivity (Wildman–Crippen MR) is 57.7 cm³/mol. The van der Waals surface area contributed by atoms with Crippen LogP contribution in [0, 0.1) is 0 Å². The Morgan fingerprint density at radius 2 is 2.00 bits per heavy atom. The lowest BCUT2D eigenvalue weighted by Gasteiger charge is -2.28. The van der Waals surface area contributed by atoms with Crippen LogP contribution in [0.5, 0.6) is 0 Å². The van der Waals surface area contributed by atoms with Crippen molar-refractivity contribution in [2.24, 2.45) is 0 Å². The van der Waals surface area contributed by atoms with Gasteiger partial charge in [0.25, 0.3) is 0 Å². The first kappa shape index (κ1) is 12.5. The molecule has 0 radical (unpaired) electrons. The second kappa shape index (κ2) is 6.80. The molecule has 1 aliphatic carbocycles. The minimum atomic E-state index is -0.195. The molecule has 15 heavy (non-hydrogen) atoms. The lowest BCUT2D eigenvalue weighted by atomic mass is 9.93. The number of rotatable bonds is 5. The van der Waals surface area contributed by atoms with E-state index in [9.17, 15) is 4.79 Å². The third-order valence-corrected chi connectivity index (χ3v) is 2.97. The van der Waals surface area contributed by atoms with Gasteiger partial charge >= 0.3 is 5.97 Å². The van der Waals surface area contributed by atoms with Crippen molar-refractivity contribution < 1.29 is 14.3 Å². The summed E-state index contributed by atoms with van der Waals surface area (Å²) in [6.45, 7) is 0.488. The fraction of sp³-hybridized carbons (Fsp3) is 0.909. The molecule has 0 saturated heterocycles. The number of hydrogen-bond acceptors (Lipinski definition) is 4. The molecule has 0 spiro atoms. The maximum absolute atomic E-state index is 10.8. The molecule has 1 aliphatic rings. The largest absolute Gasteiger partial charge is 0.469 e. The topological polar surface area (TPSA) is 47.6 Å². The van der Waals surface area contributed by atoms with Crippen LogP contribution in [0.15, 0.2) is 0 Å². The van der Waals surface area contributed by atoms with E-state index in [2.05, 4.69) is 10.1 Å². The third-order valence-electron chi connectivity index (χ3n) is 2.97. The predicted octanol–water partition coefficient (Wildman–Crippen LogP) is 1.10. The number of nitrogens with one attached hydrogen (secondary N) is 1. The van der Waals surface area contributed by atoms with Crippen molar-refractivity contribution >= 4 is 5.97 Å². The van der Waals surface area contributed by atoms with Crippen LogP contribution in [0.4, 0.5) is 0 Å². The third kappa shape index (κ3) is 4.62. The van der Waals surface area contributed by atoms with E-state index < -0.39 is 0 Å². The summed E-state index contributed by atoms with van der Waals surface area (Å²) in [5, 5.41) is 3.28. The van der Waals surface area contributed by atoms with E-state index in [1.54, 1.807) is 0 Å². The van der Waals surface area contributed by atoms with Gasteiger partial charge in [0.1, 0.15) is 0 Å². The molecular formula is C11H21NO3. The van der Waals surface area contributed by atoms with Crippen LogP contribution in [0.2, 0.25) is 0 Å². The van der Waals surface area contributed by atoms with Gasteiger partial charge < -0.3 is 14.8 Å². The standard InChI is InChI=1S/C11H21NO3/c1-12-9-3-5-10(6-4-9)15-8-7-11(13)14-2/h9-10,12H,3-8H2,1-2H3. The average Bonchev–Trinajstić information content (AvgIpc) is 2.29. The van der Waals surface area contributed by atoms with Gasteiger partial charge in [-0.3, -0.25) is 4.79 Å². The van der Waals surface area contributed by atoms with Crippen LogP contribution in [-0.4, -0.2) is 38.9 Å². The van der Waals surface area contributed by atoms with Crippen LogP contribution in [0.25, 0.3) is 0 Å². The SMILES string of the molecule is CNC1CCC(OCCC(=O)OC)CC1. The number of carbonyl (C=O) groups excluding carboxylic acids is 1. The Hall–Kier alpha value is -0.610. The second-order valence-corrected chi connectivity index (χ2v) is 3.96. The zero-order chi connectivity index (χ0) is 11.1. The molecule has 88 valence electrons. The molecule has 0 atom stereocenters. The van der Waals surface area contributed by atoms with Crippen molar-refractivity contribution in [2.75, 3.05) is 20.8 Å². The van der Waals surface area contributed by atoms with Gasteiger partial charge in [0.15, 0.2) is 0 Å². The number of carbonyl (C=O) groups is 1. The Balaban J connectivity index is 2.06. The maximum atomic E-state index is 10.8. The monoisotopic (exact) mass is 215 g/mol. The van der Waals surface area contributed by atoms with Gasteiger partial charge in [-0.2, -0.15) is 0 Å². The van der Waals surface area contributed by atoms with E-state index in [0.717, 1.165) is 12.8 Å². The van der Waals surface area contributed by atoms with Gasteiger partial charge in [-0.15, -0.1) is 0 Å². The first-order chi connectivity index (χ1) is 7.26. The summed E-state index contributed by atoms with van der Waals surface area (Å²) in [6.07, 6.45) is 5.21. The number of ether oxygens (including phenoxy) is 2. The molecule has 4 heteroatoms. The average molecular weight is 215 g/mol. The van der Waals surface area contributed by atoms with Crippen molar-refractivity contribution in [1.29, 1.82) is 0 Å². The van der Waals surface area contributed by atoms with Crippen molar-refractivity contribution in [3.05, 3.63) is 0 Å². The maximum Gasteiger partial charge on any atom is 0.307 e. The van der Waals surface area contributed by atoms with E-state index in [-0.39, 0.29) is 5.97 Å². The van der Waals surface area contributed by atoms with Gasteiger partial charge in [-0.1, -0.05) is 0 Å². The summed E-state index contributed by atoms with van der Waals surface area (Å²) in [5.74, 6) is -0.195. The highest BCUT2D eigenvalue weighted by Crippen LogP contribution is 2.20. The molecule has 0 unspecified atom stereocenters. The number of esters is 1. The van der Waals surface area contributed by atoms with Crippen LogP contribution >= 0.6 is 0 Å². The molecular weight excluding hydrogens is 194 g/mol. The molecule has 0 aromatic heterocycles. The zero-order valence-corrected chi connectivity index (χ0v) is 9.62. The highest BCUT2D eigenvalue weighted by molar-refractivity contribution is 5.69. The van der Waals surface area contributed by atoms with E-state index >= 15 is 0 Å². The van der Waals surface area contributed by atoms with Crippen LogP contribution in [-0.2, 0) is 14.3 Å². The summed E-state index contributed by atoms with van der Waals surface area (Å²) in [6, 6.07) is 0.644. The molecule has 1 rings (SSSR count). The number of methoxy groups -OCH3 is 1. The minimum Gasteiger partial charge on any atom is -0.469 e. The summed E-state index contributed by atoms with van der Waals surface area (Å²) >= 11 is 0. The summed E-state index contributed by atoms with van der Waals surface area (Å²) in [5.41, 5.74) is 0. The minimum absolute atomic E-state index is 0.195. The van der Waals surface area contributed by atoms with Crippen molar-refractivity contribution in [1.82, 2.24) is 5.32 Å². The first-order valence-corrected chi connectivity index (χ1v) is 5.62. The van der Waals surface area contributed by atoms with E-state index in [0.29, 0.717) is 25.2 Å². The molecule has 0 aromatic rings. The van der Waals surface area contributed by atoms with Crippen LogP contribution in [0.3, 0.4) is 0 Å². The Bertz CT molecular complexity index is 188. The van der Waals surface area contributed by atoms with Crippen molar-refractivity contribution in [3.8, 4) is 0 Å². The van der Waals surface area contributed by atoms with Gasteiger partial charge in [0, 0.05) is 6.04 Å². The fourth-order valence-electron chi connectivity index (χ4n) is 1.93. The van der Waals surface area contributed by atoms with Crippen LogP contribution in [0.1, 0.15) is 32.1 Å². The summed E-state index contributed by atoms with van der Waals surface area (Å²) in [7, 11) is 3.41. The summed E-state index contributed by atoms with van der Waals surface area (Å²) in [4.78, 5) is 10.8. The van der Waals surface area contributed by atoms with Crippen molar-refractivity contribution in [3.63, 3.8) is 0 Å². The normalized spacial score (nSPS) is 26.3. The van der Waals surface area contributed by atoms with Gasteiger partial charge in [-0.25, -0.2) is 0 Å². The Labute approximate surface area is 91.3 Å². The summed E-state index contributed by atoms with van der Waals surface area (Å²) < 4.78 is 10.2. The Morgan fingerprint density at radius 1 is 1.33 bits per heavy atom. The lowest BCUT2D eigenvalue weighted by molar-refractivity contribution is -0.142. The fourth-order valence-corrected chi connectivity index (χ4v) is 1.93. The smallest absolute Gasteiger partial charge is 0.307 e. The molecule has 1 saturated carbocycles. The van der Waals surface area contributed by atoms with Gasteiger partial charge in [0.2, 0.25) is 0 Å². The molecule has 0 amide bonds. The Morgan fingerprint density at radius 3 is 2.53 bits per heavy atom. The van der Waals surface area contributed by atoms with Gasteiger partial charge in [0.05, 0.1) is 26.2 Å². The Kier molecular flexibility index (Phi) is 5.65. The molecule has 1 fully saturated rings. The zero-order valence-electron chi connectivity index (χ0n) is 9.62. The molecule has 0 bridgehead atoms. The lowest BCUT2D eigenvalue weighted by Crippen LogP contribution is -2.33. The molecule has 0 heterocycles. The van der Waals surface area contributed by atoms with Gasteiger partial charge in [-0.05, 0) is 32.7 Å². The van der Waals surface area contributed by atoms with Crippen molar-refractivity contribution in [2.45, 2.75) is 44.2 Å². The molecule has 0 aromatic carbocycles. The molecule has 1 N–H and O–H groups in total. The van der Waals surface area contributed by atoms with Crippen LogP contribution < -0.4 is 5.32 Å². The van der Waals surface area contributed by atoms with E-state index in [1.807, 2.05) is 7.05 Å².